The lowest BCUT2D eigenvalue weighted by Crippen LogP contribution is -2.28. The van der Waals surface area contributed by atoms with Gasteiger partial charge in [-0.25, -0.2) is 36.8 Å². The summed E-state index contributed by atoms with van der Waals surface area (Å²) in [5.41, 5.74) is 33.6. The third-order valence-corrected chi connectivity index (χ3v) is 27.1. The lowest BCUT2D eigenvalue weighted by Gasteiger charge is -2.17. The maximum atomic E-state index is 13.2. The number of thiophene rings is 1. The first-order valence-electron chi connectivity index (χ1n) is 43.7. The number of hydrogen-bond acceptors (Lipinski definition) is 25. The summed E-state index contributed by atoms with van der Waals surface area (Å²) >= 11 is 2.79. The van der Waals surface area contributed by atoms with Gasteiger partial charge in [-0.15, -0.1) is 43.5 Å². The number of carbonyl (C=O) groups excluding carboxylic acids is 2. The second-order valence-electron chi connectivity index (χ2n) is 31.4. The number of nitrogens with one attached hydrogen (secondary N) is 5. The van der Waals surface area contributed by atoms with Gasteiger partial charge in [-0.2, -0.15) is 0 Å². The monoisotopic (exact) mass is 1780 g/mol. The Labute approximate surface area is 741 Å². The molecule has 125 heavy (non-hydrogen) atoms. The number of nitrogens with zero attached hydrogens (tertiary/aromatic N) is 17. The van der Waals surface area contributed by atoms with E-state index >= 15 is 0 Å². The summed E-state index contributed by atoms with van der Waals surface area (Å²) in [7, 11) is -2.69. The molecule has 13 aromatic rings. The van der Waals surface area contributed by atoms with Gasteiger partial charge in [0.25, 0.3) is 0 Å². The molecule has 0 aliphatic heterocycles. The molecule has 0 aliphatic carbocycles. The Bertz CT molecular complexity index is 5500. The lowest BCUT2D eigenvalue weighted by molar-refractivity contribution is -0.118. The van der Waals surface area contributed by atoms with Gasteiger partial charge in [-0.1, -0.05) is 152 Å². The number of aromatic amines is 4. The van der Waals surface area contributed by atoms with E-state index in [1.54, 1.807) is 62.4 Å². The summed E-state index contributed by atoms with van der Waals surface area (Å²) in [6, 6.07) is 32.8. The van der Waals surface area contributed by atoms with E-state index in [4.69, 9.17) is 22.9 Å². The normalized spacial score (nSPS) is 11.4. The number of sulfone groups is 2. The highest BCUT2D eigenvalue weighted by Crippen LogP contribution is 2.32. The van der Waals surface area contributed by atoms with Crippen LogP contribution in [0.1, 0.15) is 203 Å². The highest BCUT2D eigenvalue weighted by Gasteiger charge is 2.21. The molecule has 9 heterocycles. The maximum Gasteiger partial charge on any atom is 0.230 e. The molecule has 32 nitrogen and oxygen atoms in total. The van der Waals surface area contributed by atoms with Crippen molar-refractivity contribution in [2.45, 2.75) is 240 Å². The average Bonchev–Trinajstić information content (AvgIpc) is 1.77. The second-order valence-corrected chi connectivity index (χ2v) is 37.9. The van der Waals surface area contributed by atoms with Gasteiger partial charge in [0.15, 0.2) is 49.3 Å². The van der Waals surface area contributed by atoms with E-state index in [9.17, 15) is 26.4 Å². The fourth-order valence-electron chi connectivity index (χ4n) is 14.2. The van der Waals surface area contributed by atoms with Gasteiger partial charge >= 0.3 is 0 Å². The number of thioether (sulfide) groups is 1. The number of benzene rings is 4. The van der Waals surface area contributed by atoms with Crippen molar-refractivity contribution in [3.05, 3.63) is 215 Å². The SMILES string of the molecule is CCCCCCCc1ccc(C(=O)CCCn2cc(CCCCCc3cnc(N)[nH]3)nn2)cc1.CN(C)c1cccc2c(S(=O)(=O)CCCn3cc(CCCCCc4cnc(N)[nH]4)nn3)cccc12.Nc1ncc(CCCCCc2cn(CCCS(=O)(=O)c3cccs3)nn2)[nH]1.Nc1ncc(CCCCCc2cn(CCNC(=O)CSc3ccccc3)nn2)[nH]1. The Morgan fingerprint density at radius 3 is 1.31 bits per heavy atom. The first-order valence-corrected chi connectivity index (χ1v) is 48.8. The number of unbranched alkanes of at least 4 members (excludes halogenated alkanes) is 12. The van der Waals surface area contributed by atoms with Crippen LogP contribution in [0.2, 0.25) is 0 Å². The zero-order chi connectivity index (χ0) is 88.3. The number of nitrogen functional groups attached to an aromatic ring is 4. The number of imidazole rings is 4. The van der Waals surface area contributed by atoms with Crippen LogP contribution in [0, 0.1) is 0 Å². The zero-order valence-electron chi connectivity index (χ0n) is 72.4. The molecule has 0 bridgehead atoms. The van der Waals surface area contributed by atoms with Crippen LogP contribution in [0.5, 0.6) is 0 Å². The van der Waals surface area contributed by atoms with Crippen LogP contribution in [0.4, 0.5) is 29.5 Å². The van der Waals surface area contributed by atoms with Gasteiger partial charge in [0.05, 0.1) is 76.3 Å². The molecule has 670 valence electrons. The molecule has 13 N–H and O–H groups in total. The number of amides is 1. The number of carbonyl (C=O) groups is 2. The number of nitrogens with two attached hydrogens (primary N) is 4. The van der Waals surface area contributed by atoms with E-state index in [2.05, 4.69) is 105 Å². The fourth-order valence-corrected chi connectivity index (χ4v) is 19.0. The van der Waals surface area contributed by atoms with E-state index < -0.39 is 19.7 Å². The van der Waals surface area contributed by atoms with E-state index in [1.807, 2.05) is 121 Å². The number of rotatable bonds is 52. The van der Waals surface area contributed by atoms with Crippen molar-refractivity contribution in [1.29, 1.82) is 0 Å². The molecule has 36 heteroatoms. The minimum atomic E-state index is -3.43. The van der Waals surface area contributed by atoms with E-state index in [1.165, 1.54) is 60.8 Å². The Hall–Kier alpha value is -11.4. The van der Waals surface area contributed by atoms with Crippen LogP contribution < -0.4 is 33.2 Å². The topological polar surface area (TPSA) is 459 Å². The summed E-state index contributed by atoms with van der Waals surface area (Å²) < 4.78 is 58.2. The summed E-state index contributed by atoms with van der Waals surface area (Å²) in [5.74, 6) is 2.71. The van der Waals surface area contributed by atoms with Crippen molar-refractivity contribution in [2.24, 2.45) is 0 Å². The Balaban J connectivity index is 0.000000175. The van der Waals surface area contributed by atoms with Crippen molar-refractivity contribution in [1.82, 2.24) is 105 Å². The molecule has 0 spiro atoms. The molecule has 0 saturated heterocycles. The Morgan fingerprint density at radius 2 is 0.864 bits per heavy atom. The van der Waals surface area contributed by atoms with Gasteiger partial charge in [-0.05, 0) is 176 Å². The minimum Gasteiger partial charge on any atom is -0.377 e. The predicted octanol–water partition coefficient (Wildman–Crippen LogP) is 14.2. The molecule has 0 saturated carbocycles. The molecule has 0 fully saturated rings. The maximum absolute atomic E-state index is 13.2. The molecule has 9 aromatic heterocycles. The summed E-state index contributed by atoms with van der Waals surface area (Å²) in [6.45, 7) is 5.20. The first-order chi connectivity index (χ1) is 60.7. The van der Waals surface area contributed by atoms with Crippen LogP contribution in [-0.2, 0) is 108 Å². The zero-order valence-corrected chi connectivity index (χ0v) is 75.6. The van der Waals surface area contributed by atoms with Gasteiger partial charge in [0, 0.05) is 121 Å². The molecule has 0 aliphatic rings. The molecule has 0 unspecified atom stereocenters. The molecule has 4 aromatic carbocycles. The smallest absolute Gasteiger partial charge is 0.230 e. The number of Topliss-reactive ketones (excluding diaryl/α,β-unsaturated/α-hetero) is 1. The van der Waals surface area contributed by atoms with Crippen LogP contribution >= 0.6 is 23.1 Å². The van der Waals surface area contributed by atoms with Gasteiger partial charge in [-0.3, -0.25) is 28.3 Å². The number of fused-ring (bicyclic) bond motifs is 1. The van der Waals surface area contributed by atoms with E-state index in [0.29, 0.717) is 84.1 Å². The van der Waals surface area contributed by atoms with E-state index in [0.717, 1.165) is 220 Å². The molecular formula is C89H124N26O6S4. The minimum absolute atomic E-state index is 0.0261. The fraction of sp³-hybridized carbons (Fsp3) is 0.461. The third kappa shape index (κ3) is 34.6. The summed E-state index contributed by atoms with van der Waals surface area (Å²) in [4.78, 5) is 56.1. The molecule has 13 rings (SSSR count). The Morgan fingerprint density at radius 1 is 0.440 bits per heavy atom. The first kappa shape index (κ1) is 95.9. The quantitative estimate of drug-likeness (QED) is 0.00971. The third-order valence-electron chi connectivity index (χ3n) is 20.9. The lowest BCUT2D eigenvalue weighted by atomic mass is 10.0. The van der Waals surface area contributed by atoms with Crippen LogP contribution in [0.25, 0.3) is 10.8 Å². The molecule has 1 amide bonds. The van der Waals surface area contributed by atoms with Gasteiger partial charge in [0.1, 0.15) is 4.21 Å². The highest BCUT2D eigenvalue weighted by molar-refractivity contribution is 8.00. The number of anilines is 5. The number of hydrogen-bond donors (Lipinski definition) is 9. The number of aromatic nitrogens is 20. The van der Waals surface area contributed by atoms with E-state index in [-0.39, 0.29) is 23.2 Å². The Kier molecular flexibility index (Phi) is 39.7. The molecular weight excluding hydrogens is 1660 g/mol. The van der Waals surface area contributed by atoms with Crippen molar-refractivity contribution in [2.75, 3.05) is 65.7 Å². The van der Waals surface area contributed by atoms with Crippen molar-refractivity contribution in [3.63, 3.8) is 0 Å². The number of ketones is 1. The van der Waals surface area contributed by atoms with Crippen LogP contribution in [0.15, 0.2) is 172 Å². The average molecular weight is 1780 g/mol. The number of H-pyrrole nitrogens is 4. The number of aryl methyl sites for hydroxylation is 12. The summed E-state index contributed by atoms with van der Waals surface area (Å²) in [6.07, 6.45) is 45.1. The van der Waals surface area contributed by atoms with Crippen molar-refractivity contribution >= 4 is 94.7 Å². The summed E-state index contributed by atoms with van der Waals surface area (Å²) in [5, 5.41) is 39.9. The standard InChI is InChI=1S/C27H40N6O.C25H33N7O2S.C20H27N7OS.C17H24N6O2S2/c1-2-3-4-5-7-11-22-15-17-23(18-16-22)26(34)14-10-19-33-21-25(31-32-33)13-9-6-8-12-24-20-29-27(28)30-24;1-31(2)23-13-6-12-22-21(23)11-7-14-24(22)35(33,34)16-8-15-32-18-20(29-30-32)10-5-3-4-9-19-17-27-25(26)28-19;21-20-23-13-16(24-20)7-3-1-4-8-17-14-27(26-25-17)12-11-22-19(28)15-29-18-9-5-2-6-10-18;18-17-19-12-14(20-17)6-2-1-3-7-15-13-23(22-21-15)9-5-11-27(24,25)16-8-4-10-26-16/h15-18,20-21H,2-14,19H2,1H3,(H3,28,29,30);6-7,11-14,17-18H,3-5,8-10,15-16H2,1-2H3,(H3,26,27,28);2,5-6,9-10,13-14H,1,3-4,7-8,11-12,15H2,(H,22,28)(H3,21,23,24);4,8,10,12-13H,1-3,5-7,9,11H2,(H3,18,19,20). The van der Waals surface area contributed by atoms with Gasteiger partial charge < -0.3 is 53.1 Å². The second kappa shape index (κ2) is 51.8. The molecule has 0 radical (unpaired) electrons. The van der Waals surface area contributed by atoms with Gasteiger partial charge in [0.2, 0.25) is 5.91 Å². The van der Waals surface area contributed by atoms with Crippen molar-refractivity contribution in [3.8, 4) is 0 Å². The largest absolute Gasteiger partial charge is 0.377 e. The van der Waals surface area contributed by atoms with Crippen LogP contribution in [-0.4, -0.2) is 166 Å². The van der Waals surface area contributed by atoms with Crippen LogP contribution in [0.3, 0.4) is 0 Å². The highest BCUT2D eigenvalue weighted by atomic mass is 32.2. The van der Waals surface area contributed by atoms with Crippen molar-refractivity contribution < 1.29 is 26.4 Å². The predicted molar refractivity (Wildman–Crippen MR) is 496 cm³/mol. The molecule has 0 atom stereocenters.